The molecule has 2 aromatic heterocycles. The smallest absolute Gasteiger partial charge is 0.221 e. The lowest BCUT2D eigenvalue weighted by atomic mass is 10.1. The van der Waals surface area contributed by atoms with Gasteiger partial charge in [-0.1, -0.05) is 12.1 Å². The molecule has 2 aromatic carbocycles. The number of nitrogens with one attached hydrogen (secondary N) is 2. The molecule has 0 fully saturated rings. The van der Waals surface area contributed by atoms with Crippen LogP contribution < -0.4 is 5.32 Å². The molecule has 6 heteroatoms. The van der Waals surface area contributed by atoms with E-state index in [-0.39, 0.29) is 11.7 Å². The van der Waals surface area contributed by atoms with E-state index in [0.29, 0.717) is 11.3 Å². The molecule has 0 saturated carbocycles. The van der Waals surface area contributed by atoms with E-state index < -0.39 is 0 Å². The molecule has 4 aromatic rings. The average molecular weight is 346 g/mol. The summed E-state index contributed by atoms with van der Waals surface area (Å²) >= 11 is 0. The molecule has 2 heterocycles. The topological polar surface area (TPSA) is 70.7 Å². The third-order valence-electron chi connectivity index (χ3n) is 4.04. The molecule has 0 aliphatic carbocycles. The fourth-order valence-electron chi connectivity index (χ4n) is 2.90. The molecular weight excluding hydrogens is 331 g/mol. The highest BCUT2D eigenvalue weighted by Gasteiger charge is 2.12. The Morgan fingerprint density at radius 2 is 1.85 bits per heavy atom. The molecule has 0 radical (unpaired) electrons. The summed E-state index contributed by atoms with van der Waals surface area (Å²) in [5.74, 6) is -0.407. The molecule has 2 N–H and O–H groups in total. The zero-order chi connectivity index (χ0) is 18.1. The van der Waals surface area contributed by atoms with E-state index in [1.54, 1.807) is 12.1 Å². The maximum atomic E-state index is 13.2. The monoisotopic (exact) mass is 346 g/mol. The van der Waals surface area contributed by atoms with E-state index >= 15 is 0 Å². The Balaban J connectivity index is 1.81. The summed E-state index contributed by atoms with van der Waals surface area (Å²) in [6.07, 6.45) is 1.49. The molecular formula is C20H15FN4O. The Morgan fingerprint density at radius 1 is 1.04 bits per heavy atom. The Labute approximate surface area is 148 Å². The van der Waals surface area contributed by atoms with Gasteiger partial charge in [0.05, 0.1) is 5.69 Å². The number of carbonyl (C=O) groups excluding carboxylic acids is 1. The molecule has 5 nitrogen and oxygen atoms in total. The van der Waals surface area contributed by atoms with Crippen LogP contribution in [0.15, 0.2) is 60.9 Å². The van der Waals surface area contributed by atoms with Gasteiger partial charge in [0, 0.05) is 29.3 Å². The third kappa shape index (κ3) is 3.04. The summed E-state index contributed by atoms with van der Waals surface area (Å²) in [6.45, 7) is 1.47. The predicted molar refractivity (Wildman–Crippen MR) is 99.0 cm³/mol. The predicted octanol–water partition coefficient (Wildman–Crippen LogP) is 4.39. The number of carbonyl (C=O) groups is 1. The second kappa shape index (κ2) is 6.40. The molecule has 4 rings (SSSR count). The normalized spacial score (nSPS) is 10.8. The lowest BCUT2D eigenvalue weighted by Gasteiger charge is -2.06. The Bertz CT molecular complexity index is 1100. The van der Waals surface area contributed by atoms with Gasteiger partial charge in [-0.05, 0) is 48.0 Å². The fourth-order valence-corrected chi connectivity index (χ4v) is 2.90. The third-order valence-corrected chi connectivity index (χ3v) is 4.04. The minimum absolute atomic E-state index is 0.129. The van der Waals surface area contributed by atoms with Gasteiger partial charge in [0.1, 0.15) is 17.8 Å². The molecule has 0 aliphatic rings. The van der Waals surface area contributed by atoms with Gasteiger partial charge in [-0.3, -0.25) is 4.79 Å². The van der Waals surface area contributed by atoms with Crippen molar-refractivity contribution >= 4 is 22.6 Å². The molecule has 0 atom stereocenters. The van der Waals surface area contributed by atoms with E-state index in [0.717, 1.165) is 27.9 Å². The molecule has 26 heavy (non-hydrogen) atoms. The van der Waals surface area contributed by atoms with Crippen LogP contribution in [0.2, 0.25) is 0 Å². The highest BCUT2D eigenvalue weighted by Crippen LogP contribution is 2.30. The minimum atomic E-state index is -0.278. The fraction of sp³-hybridized carbons (Fsp3) is 0.0500. The number of H-pyrrole nitrogens is 1. The van der Waals surface area contributed by atoms with Crippen molar-refractivity contribution in [3.63, 3.8) is 0 Å². The van der Waals surface area contributed by atoms with Crippen molar-refractivity contribution in [3.8, 4) is 22.5 Å². The summed E-state index contributed by atoms with van der Waals surface area (Å²) < 4.78 is 13.2. The molecule has 0 spiro atoms. The highest BCUT2D eigenvalue weighted by atomic mass is 19.1. The van der Waals surface area contributed by atoms with Crippen molar-refractivity contribution in [2.45, 2.75) is 6.92 Å². The molecule has 1 amide bonds. The van der Waals surface area contributed by atoms with Crippen molar-refractivity contribution in [2.24, 2.45) is 0 Å². The Kier molecular flexibility index (Phi) is 3.93. The van der Waals surface area contributed by atoms with Gasteiger partial charge in [0.2, 0.25) is 5.91 Å². The maximum Gasteiger partial charge on any atom is 0.221 e. The van der Waals surface area contributed by atoms with Gasteiger partial charge >= 0.3 is 0 Å². The van der Waals surface area contributed by atoms with E-state index in [9.17, 15) is 9.18 Å². The number of fused-ring (bicyclic) bond motifs is 1. The number of nitrogens with zero attached hydrogens (tertiary/aromatic N) is 2. The number of aromatic amines is 1. The summed E-state index contributed by atoms with van der Waals surface area (Å²) in [6, 6.07) is 15.7. The number of halogens is 1. The SMILES string of the molecule is CC(=O)Nc1cccc(-c2ncnc3[nH]c(-c4ccc(F)cc4)cc23)c1. The second-order valence-electron chi connectivity index (χ2n) is 5.94. The van der Waals surface area contributed by atoms with Crippen LogP contribution >= 0.6 is 0 Å². The first kappa shape index (κ1) is 16.0. The lowest BCUT2D eigenvalue weighted by molar-refractivity contribution is -0.114. The minimum Gasteiger partial charge on any atom is -0.339 e. The van der Waals surface area contributed by atoms with Crippen LogP contribution in [0.25, 0.3) is 33.5 Å². The largest absolute Gasteiger partial charge is 0.339 e. The standard InChI is InChI=1S/C20H15FN4O/c1-12(26)24-16-4-2-3-14(9-16)19-17-10-18(25-20(17)23-11-22-19)13-5-7-15(21)8-6-13/h2-11H,1H3,(H,24,26)(H,22,23,25). The highest BCUT2D eigenvalue weighted by molar-refractivity contribution is 5.95. The number of benzene rings is 2. The maximum absolute atomic E-state index is 13.2. The zero-order valence-corrected chi connectivity index (χ0v) is 14.0. The first-order valence-corrected chi connectivity index (χ1v) is 8.08. The molecule has 0 unspecified atom stereocenters. The summed E-state index contributed by atoms with van der Waals surface area (Å²) in [5.41, 5.74) is 4.72. The number of amides is 1. The van der Waals surface area contributed by atoms with E-state index in [1.807, 2.05) is 30.3 Å². The van der Waals surface area contributed by atoms with Gasteiger partial charge in [0.25, 0.3) is 0 Å². The molecule has 0 bridgehead atoms. The van der Waals surface area contributed by atoms with Crippen molar-refractivity contribution in [1.29, 1.82) is 0 Å². The number of hydrogen-bond donors (Lipinski definition) is 2. The van der Waals surface area contributed by atoms with Gasteiger partial charge in [0.15, 0.2) is 0 Å². The first-order chi connectivity index (χ1) is 12.6. The van der Waals surface area contributed by atoms with E-state index in [1.165, 1.54) is 25.4 Å². The second-order valence-corrected chi connectivity index (χ2v) is 5.94. The van der Waals surface area contributed by atoms with Crippen molar-refractivity contribution in [1.82, 2.24) is 15.0 Å². The van der Waals surface area contributed by atoms with Crippen LogP contribution in [0.1, 0.15) is 6.92 Å². The summed E-state index contributed by atoms with van der Waals surface area (Å²) in [7, 11) is 0. The van der Waals surface area contributed by atoms with Gasteiger partial charge in [-0.25, -0.2) is 14.4 Å². The van der Waals surface area contributed by atoms with Crippen LogP contribution in [0.3, 0.4) is 0 Å². The molecule has 128 valence electrons. The summed E-state index contributed by atoms with van der Waals surface area (Å²) in [5, 5.41) is 3.63. The van der Waals surface area contributed by atoms with Gasteiger partial charge in [-0.15, -0.1) is 0 Å². The number of aromatic nitrogens is 3. The molecule has 0 saturated heterocycles. The van der Waals surface area contributed by atoms with Gasteiger partial charge in [-0.2, -0.15) is 0 Å². The van der Waals surface area contributed by atoms with Gasteiger partial charge < -0.3 is 10.3 Å². The lowest BCUT2D eigenvalue weighted by Crippen LogP contribution is -2.05. The number of rotatable bonds is 3. The van der Waals surface area contributed by atoms with Crippen LogP contribution in [0.4, 0.5) is 10.1 Å². The van der Waals surface area contributed by atoms with Crippen LogP contribution in [-0.2, 0) is 4.79 Å². The van der Waals surface area contributed by atoms with E-state index in [4.69, 9.17) is 0 Å². The van der Waals surface area contributed by atoms with Crippen LogP contribution in [-0.4, -0.2) is 20.9 Å². The van der Waals surface area contributed by atoms with Crippen molar-refractivity contribution in [3.05, 3.63) is 66.7 Å². The van der Waals surface area contributed by atoms with Crippen LogP contribution in [0, 0.1) is 5.82 Å². The Morgan fingerprint density at radius 3 is 2.62 bits per heavy atom. The molecule has 0 aliphatic heterocycles. The van der Waals surface area contributed by atoms with Crippen molar-refractivity contribution in [2.75, 3.05) is 5.32 Å². The van der Waals surface area contributed by atoms with E-state index in [2.05, 4.69) is 20.3 Å². The quantitative estimate of drug-likeness (QED) is 0.578. The zero-order valence-electron chi connectivity index (χ0n) is 14.0. The Hall–Kier alpha value is -3.54. The average Bonchev–Trinajstić information content (AvgIpc) is 3.06. The summed E-state index contributed by atoms with van der Waals surface area (Å²) in [4.78, 5) is 23.2. The van der Waals surface area contributed by atoms with Crippen LogP contribution in [0.5, 0.6) is 0 Å². The first-order valence-electron chi connectivity index (χ1n) is 8.08. The van der Waals surface area contributed by atoms with Crippen molar-refractivity contribution < 1.29 is 9.18 Å². The number of hydrogen-bond acceptors (Lipinski definition) is 3. The number of anilines is 1.